The van der Waals surface area contributed by atoms with Crippen molar-refractivity contribution in [3.05, 3.63) is 52.0 Å². The molecule has 0 bridgehead atoms. The monoisotopic (exact) mass is 425 g/mol. The summed E-state index contributed by atoms with van der Waals surface area (Å²) in [6.45, 7) is 7.12. The van der Waals surface area contributed by atoms with Crippen LogP contribution in [0, 0.1) is 5.92 Å². The summed E-state index contributed by atoms with van der Waals surface area (Å²) in [7, 11) is 0. The van der Waals surface area contributed by atoms with Gasteiger partial charge < -0.3 is 4.90 Å². The van der Waals surface area contributed by atoms with E-state index in [1.165, 1.54) is 69.2 Å². The molecule has 2 fully saturated rings. The van der Waals surface area contributed by atoms with Gasteiger partial charge in [0, 0.05) is 44.6 Å². The molecule has 1 saturated heterocycles. The maximum atomic E-state index is 11.7. The molecule has 0 unspecified atom stereocenters. The summed E-state index contributed by atoms with van der Waals surface area (Å²) >= 11 is 1.57. The molecule has 1 aliphatic heterocycles. The molecule has 0 amide bonds. The Bertz CT molecular complexity index is 800. The minimum Gasteiger partial charge on any atom is -0.300 e. The second-order valence-corrected chi connectivity index (χ2v) is 10.1. The van der Waals surface area contributed by atoms with Crippen LogP contribution in [-0.2, 0) is 13.1 Å². The van der Waals surface area contributed by atoms with E-state index in [9.17, 15) is 4.79 Å². The summed E-state index contributed by atoms with van der Waals surface area (Å²) in [5, 5.41) is 2.15. The highest BCUT2D eigenvalue weighted by molar-refractivity contribution is 7.12. The van der Waals surface area contributed by atoms with Crippen molar-refractivity contribution < 1.29 is 4.79 Å². The van der Waals surface area contributed by atoms with E-state index in [2.05, 4.69) is 32.3 Å². The summed E-state index contributed by atoms with van der Waals surface area (Å²) in [6.07, 6.45) is 13.5. The van der Waals surface area contributed by atoms with Crippen LogP contribution in [0.5, 0.6) is 0 Å². The van der Waals surface area contributed by atoms with E-state index in [0.717, 1.165) is 36.5 Å². The lowest BCUT2D eigenvalue weighted by molar-refractivity contribution is 0.0771. The van der Waals surface area contributed by atoms with Crippen molar-refractivity contribution in [3.8, 4) is 0 Å². The van der Waals surface area contributed by atoms with E-state index in [0.29, 0.717) is 0 Å². The van der Waals surface area contributed by atoms with Gasteiger partial charge in [-0.1, -0.05) is 25.3 Å². The Kier molecular flexibility index (Phi) is 7.69. The Hall–Kier alpha value is -1.56. The van der Waals surface area contributed by atoms with Gasteiger partial charge in [0.1, 0.15) is 0 Å². The molecular weight excluding hydrogens is 390 g/mol. The molecular formula is C25H35N3OS. The van der Waals surface area contributed by atoms with Gasteiger partial charge in [0.2, 0.25) is 0 Å². The van der Waals surface area contributed by atoms with Crippen molar-refractivity contribution in [2.45, 2.75) is 71.0 Å². The van der Waals surface area contributed by atoms with Crippen molar-refractivity contribution in [2.75, 3.05) is 19.6 Å². The first-order chi connectivity index (χ1) is 14.7. The van der Waals surface area contributed by atoms with E-state index in [1.807, 2.05) is 18.5 Å². The number of aromatic nitrogens is 1. The van der Waals surface area contributed by atoms with E-state index in [-0.39, 0.29) is 5.78 Å². The summed E-state index contributed by atoms with van der Waals surface area (Å²) in [5.74, 6) is 0.892. The van der Waals surface area contributed by atoms with E-state index >= 15 is 0 Å². The molecule has 4 nitrogen and oxygen atoms in total. The van der Waals surface area contributed by atoms with Gasteiger partial charge in [-0.3, -0.25) is 14.7 Å². The smallest absolute Gasteiger partial charge is 0.169 e. The zero-order valence-corrected chi connectivity index (χ0v) is 19.1. The van der Waals surface area contributed by atoms with Crippen LogP contribution in [0.1, 0.15) is 72.7 Å². The molecule has 30 heavy (non-hydrogen) atoms. The lowest BCUT2D eigenvalue weighted by Gasteiger charge is -2.41. The standard InChI is InChI=1S/C25H35N3OS/c1-20(29)25-13-23(19-30-25)17-27(15-21-7-5-11-26-14-21)16-22-8-6-12-28(18-22)24-9-3-2-4-10-24/h5,7,11,13-14,19,22,24H,2-4,6,8-10,12,15-18H2,1H3/t22-/m0/s1. The van der Waals surface area contributed by atoms with Gasteiger partial charge in [0.15, 0.2) is 5.78 Å². The average Bonchev–Trinajstić information content (AvgIpc) is 3.24. The number of pyridine rings is 1. The summed E-state index contributed by atoms with van der Waals surface area (Å²) < 4.78 is 0. The fourth-order valence-electron chi connectivity index (χ4n) is 5.23. The molecule has 1 atom stereocenters. The maximum absolute atomic E-state index is 11.7. The maximum Gasteiger partial charge on any atom is 0.169 e. The molecule has 5 heteroatoms. The molecule has 0 spiro atoms. The Morgan fingerprint density at radius 1 is 1.17 bits per heavy atom. The topological polar surface area (TPSA) is 36.4 Å². The lowest BCUT2D eigenvalue weighted by atomic mass is 9.90. The molecule has 2 aliphatic rings. The molecule has 3 heterocycles. The van der Waals surface area contributed by atoms with Crippen LogP contribution < -0.4 is 0 Å². The second kappa shape index (κ2) is 10.7. The minimum absolute atomic E-state index is 0.167. The van der Waals surface area contributed by atoms with E-state index in [1.54, 1.807) is 18.3 Å². The molecule has 162 valence electrons. The Balaban J connectivity index is 1.42. The Morgan fingerprint density at radius 3 is 2.73 bits per heavy atom. The van der Waals surface area contributed by atoms with Crippen LogP contribution in [0.4, 0.5) is 0 Å². The number of carbonyl (C=O) groups excluding carboxylic acids is 1. The molecule has 1 saturated carbocycles. The summed E-state index contributed by atoms with van der Waals surface area (Å²) in [5.41, 5.74) is 2.52. The first-order valence-electron chi connectivity index (χ1n) is 11.6. The zero-order chi connectivity index (χ0) is 20.8. The van der Waals surface area contributed by atoms with Gasteiger partial charge in [-0.15, -0.1) is 11.3 Å². The quantitative estimate of drug-likeness (QED) is 0.531. The van der Waals surface area contributed by atoms with Gasteiger partial charge in [-0.05, 0) is 73.7 Å². The average molecular weight is 426 g/mol. The van der Waals surface area contributed by atoms with Crippen LogP contribution in [-0.4, -0.2) is 46.2 Å². The number of Topliss-reactive ketones (excluding diaryl/α,β-unsaturated/α-hetero) is 1. The zero-order valence-electron chi connectivity index (χ0n) is 18.3. The molecule has 2 aromatic heterocycles. The van der Waals surface area contributed by atoms with E-state index in [4.69, 9.17) is 0 Å². The summed E-state index contributed by atoms with van der Waals surface area (Å²) in [4.78, 5) is 22.3. The molecule has 2 aromatic rings. The summed E-state index contributed by atoms with van der Waals surface area (Å²) in [6, 6.07) is 7.10. The number of piperidine rings is 1. The highest BCUT2D eigenvalue weighted by Crippen LogP contribution is 2.28. The number of likely N-dealkylation sites (tertiary alicyclic amines) is 1. The van der Waals surface area contributed by atoms with Crippen LogP contribution in [0.2, 0.25) is 0 Å². The van der Waals surface area contributed by atoms with Gasteiger partial charge in [-0.25, -0.2) is 0 Å². The van der Waals surface area contributed by atoms with Gasteiger partial charge >= 0.3 is 0 Å². The van der Waals surface area contributed by atoms with Crippen molar-refractivity contribution in [3.63, 3.8) is 0 Å². The number of hydrogen-bond acceptors (Lipinski definition) is 5. The third-order valence-corrected chi connectivity index (χ3v) is 7.77. The van der Waals surface area contributed by atoms with Crippen LogP contribution in [0.15, 0.2) is 36.0 Å². The highest BCUT2D eigenvalue weighted by Gasteiger charge is 2.28. The second-order valence-electron chi connectivity index (χ2n) is 9.20. The molecule has 0 radical (unpaired) electrons. The Labute approximate surface area is 185 Å². The Morgan fingerprint density at radius 2 is 2.00 bits per heavy atom. The van der Waals surface area contributed by atoms with Crippen LogP contribution in [0.25, 0.3) is 0 Å². The fourth-order valence-corrected chi connectivity index (χ4v) is 6.03. The largest absolute Gasteiger partial charge is 0.300 e. The fraction of sp³-hybridized carbons (Fsp3) is 0.600. The van der Waals surface area contributed by atoms with E-state index < -0.39 is 0 Å². The third-order valence-electron chi connectivity index (χ3n) is 6.69. The van der Waals surface area contributed by atoms with Gasteiger partial charge in [-0.2, -0.15) is 0 Å². The van der Waals surface area contributed by atoms with Crippen molar-refractivity contribution in [1.29, 1.82) is 0 Å². The number of carbonyl (C=O) groups is 1. The highest BCUT2D eigenvalue weighted by atomic mass is 32.1. The SMILES string of the molecule is CC(=O)c1cc(CN(Cc2cccnc2)C[C@@H]2CCCN(C3CCCCC3)C2)cs1. The number of rotatable bonds is 8. The normalized spacial score (nSPS) is 21.2. The number of ketones is 1. The molecule has 1 aliphatic carbocycles. The number of nitrogens with zero attached hydrogens (tertiary/aromatic N) is 3. The van der Waals surface area contributed by atoms with Crippen LogP contribution >= 0.6 is 11.3 Å². The number of thiophene rings is 1. The minimum atomic E-state index is 0.167. The molecule has 0 aromatic carbocycles. The third kappa shape index (κ3) is 5.99. The first-order valence-corrected chi connectivity index (χ1v) is 12.5. The molecule has 0 N–H and O–H groups in total. The molecule has 4 rings (SSSR count). The van der Waals surface area contributed by atoms with Gasteiger partial charge in [0.05, 0.1) is 4.88 Å². The van der Waals surface area contributed by atoms with Crippen LogP contribution in [0.3, 0.4) is 0 Å². The predicted molar refractivity (Wildman–Crippen MR) is 124 cm³/mol. The number of hydrogen-bond donors (Lipinski definition) is 0. The van der Waals surface area contributed by atoms with Crippen molar-refractivity contribution >= 4 is 17.1 Å². The van der Waals surface area contributed by atoms with Gasteiger partial charge in [0.25, 0.3) is 0 Å². The predicted octanol–water partition coefficient (Wildman–Crippen LogP) is 5.39. The van der Waals surface area contributed by atoms with Crippen molar-refractivity contribution in [2.24, 2.45) is 5.92 Å². The first kappa shape index (κ1) is 21.7. The van der Waals surface area contributed by atoms with Crippen molar-refractivity contribution in [1.82, 2.24) is 14.8 Å². The lowest BCUT2D eigenvalue weighted by Crippen LogP contribution is -2.46.